The van der Waals surface area contributed by atoms with Gasteiger partial charge in [-0.2, -0.15) is 0 Å². The first-order chi connectivity index (χ1) is 16.1. The Balaban J connectivity index is 1.29. The van der Waals surface area contributed by atoms with Gasteiger partial charge in [0, 0.05) is 42.7 Å². The Bertz CT molecular complexity index is 1090. The number of hydrogen-bond donors (Lipinski definition) is 3. The van der Waals surface area contributed by atoms with Crippen molar-refractivity contribution in [1.82, 2.24) is 14.9 Å². The van der Waals surface area contributed by atoms with Crippen molar-refractivity contribution >= 4 is 5.91 Å². The summed E-state index contributed by atoms with van der Waals surface area (Å²) < 4.78 is 7.51. The van der Waals surface area contributed by atoms with Crippen molar-refractivity contribution in [1.29, 1.82) is 0 Å². The molecule has 7 heteroatoms. The van der Waals surface area contributed by atoms with Crippen LogP contribution in [0.5, 0.6) is 5.75 Å². The molecule has 0 saturated carbocycles. The number of carbonyl (C=O) groups excluding carboxylic acids is 1. The molecule has 1 aliphatic rings. The summed E-state index contributed by atoms with van der Waals surface area (Å²) in [5, 5.41) is 13.2. The minimum Gasteiger partial charge on any atom is -0.497 e. The summed E-state index contributed by atoms with van der Waals surface area (Å²) in [6, 6.07) is 13.3. The summed E-state index contributed by atoms with van der Waals surface area (Å²) in [5.74, 6) is 1.53. The number of rotatable bonds is 9. The normalized spacial score (nSPS) is 13.9. The van der Waals surface area contributed by atoms with Crippen LogP contribution >= 0.6 is 0 Å². The van der Waals surface area contributed by atoms with E-state index in [0.717, 1.165) is 41.2 Å². The maximum Gasteiger partial charge on any atom is 0.251 e. The Kier molecular flexibility index (Phi) is 7.42. The molecule has 33 heavy (non-hydrogen) atoms. The summed E-state index contributed by atoms with van der Waals surface area (Å²) in [5.41, 5.74) is 10.8. The van der Waals surface area contributed by atoms with E-state index < -0.39 is 6.10 Å². The highest BCUT2D eigenvalue weighted by Gasteiger charge is 2.16. The minimum atomic E-state index is -0.641. The first-order valence-electron chi connectivity index (χ1n) is 11.6. The second-order valence-corrected chi connectivity index (χ2v) is 8.50. The van der Waals surface area contributed by atoms with Gasteiger partial charge in [-0.25, -0.2) is 4.98 Å². The molecule has 0 bridgehead atoms. The number of ether oxygens (including phenoxy) is 1. The van der Waals surface area contributed by atoms with Gasteiger partial charge in [-0.1, -0.05) is 18.2 Å². The lowest BCUT2D eigenvalue weighted by Gasteiger charge is -2.16. The Morgan fingerprint density at radius 2 is 2.03 bits per heavy atom. The standard InChI is InChI=1S/C26H32N4O3/c1-33-24-12-10-18(21(14-24)15-27)9-11-23(31)17-29-26(32)20-7-5-19(6-8-20)25-28-16-22-4-2-3-13-30(22)25/h5-8,10,12,14,16,23,31H,2-4,9,11,13,15,17,27H2,1H3,(H,29,32). The molecule has 4 N–H and O–H groups in total. The monoisotopic (exact) mass is 448 g/mol. The van der Waals surface area contributed by atoms with Crippen LogP contribution in [0.3, 0.4) is 0 Å². The average molecular weight is 449 g/mol. The molecule has 1 aromatic heterocycles. The number of carbonyl (C=O) groups is 1. The van der Waals surface area contributed by atoms with Crippen LogP contribution < -0.4 is 15.8 Å². The van der Waals surface area contributed by atoms with Gasteiger partial charge in [0.25, 0.3) is 5.91 Å². The van der Waals surface area contributed by atoms with Crippen LogP contribution in [-0.2, 0) is 25.9 Å². The zero-order valence-corrected chi connectivity index (χ0v) is 19.1. The average Bonchev–Trinajstić information content (AvgIpc) is 3.30. The number of nitrogens with two attached hydrogens (primary N) is 1. The van der Waals surface area contributed by atoms with Crippen LogP contribution in [0, 0.1) is 0 Å². The van der Waals surface area contributed by atoms with Crippen molar-refractivity contribution in [3.8, 4) is 17.1 Å². The van der Waals surface area contributed by atoms with E-state index in [2.05, 4.69) is 14.9 Å². The predicted octanol–water partition coefficient (Wildman–Crippen LogP) is 3.08. The fraction of sp³-hybridized carbons (Fsp3) is 0.385. The molecule has 2 heterocycles. The van der Waals surface area contributed by atoms with Crippen LogP contribution in [0.15, 0.2) is 48.7 Å². The molecular formula is C26H32N4O3. The van der Waals surface area contributed by atoms with Gasteiger partial charge >= 0.3 is 0 Å². The SMILES string of the molecule is COc1ccc(CCC(O)CNC(=O)c2ccc(-c3ncc4n3CCCC4)cc2)c(CN)c1. The zero-order chi connectivity index (χ0) is 23.2. The summed E-state index contributed by atoms with van der Waals surface area (Å²) in [6.07, 6.45) is 5.98. The van der Waals surface area contributed by atoms with Gasteiger partial charge in [-0.3, -0.25) is 4.79 Å². The van der Waals surface area contributed by atoms with Crippen molar-refractivity contribution in [3.63, 3.8) is 0 Å². The molecule has 7 nitrogen and oxygen atoms in total. The van der Waals surface area contributed by atoms with E-state index in [9.17, 15) is 9.90 Å². The smallest absolute Gasteiger partial charge is 0.251 e. The van der Waals surface area contributed by atoms with Gasteiger partial charge in [0.05, 0.1) is 13.2 Å². The Hall–Kier alpha value is -3.16. The van der Waals surface area contributed by atoms with E-state index >= 15 is 0 Å². The van der Waals surface area contributed by atoms with Gasteiger partial charge in [0.1, 0.15) is 11.6 Å². The highest BCUT2D eigenvalue weighted by Crippen LogP contribution is 2.25. The van der Waals surface area contributed by atoms with Crippen molar-refractivity contribution in [2.45, 2.75) is 51.3 Å². The van der Waals surface area contributed by atoms with E-state index in [1.807, 2.05) is 48.7 Å². The number of nitrogens with zero attached hydrogens (tertiary/aromatic N) is 2. The topological polar surface area (TPSA) is 102 Å². The maximum atomic E-state index is 12.6. The number of fused-ring (bicyclic) bond motifs is 1. The van der Waals surface area contributed by atoms with Crippen LogP contribution in [0.1, 0.15) is 46.4 Å². The van der Waals surface area contributed by atoms with Crippen LogP contribution in [0.25, 0.3) is 11.4 Å². The number of aromatic nitrogens is 2. The third-order valence-corrected chi connectivity index (χ3v) is 6.29. The molecule has 0 spiro atoms. The summed E-state index contributed by atoms with van der Waals surface area (Å²) in [6.45, 7) is 1.60. The highest BCUT2D eigenvalue weighted by molar-refractivity contribution is 5.94. The third-order valence-electron chi connectivity index (χ3n) is 6.29. The van der Waals surface area contributed by atoms with Crippen molar-refractivity contribution in [2.24, 2.45) is 5.73 Å². The molecule has 1 unspecified atom stereocenters. The summed E-state index contributed by atoms with van der Waals surface area (Å²) >= 11 is 0. The predicted molar refractivity (Wildman–Crippen MR) is 128 cm³/mol. The molecule has 1 amide bonds. The van der Waals surface area contributed by atoms with Crippen LogP contribution in [-0.4, -0.2) is 40.3 Å². The zero-order valence-electron chi connectivity index (χ0n) is 19.1. The molecule has 174 valence electrons. The van der Waals surface area contributed by atoms with Gasteiger partial charge in [-0.15, -0.1) is 0 Å². The largest absolute Gasteiger partial charge is 0.497 e. The lowest BCUT2D eigenvalue weighted by atomic mass is 10.0. The molecule has 2 aromatic carbocycles. The number of aryl methyl sites for hydroxylation is 2. The Morgan fingerprint density at radius 1 is 1.21 bits per heavy atom. The van der Waals surface area contributed by atoms with Gasteiger partial charge in [0.15, 0.2) is 0 Å². The maximum absolute atomic E-state index is 12.6. The Morgan fingerprint density at radius 3 is 2.79 bits per heavy atom. The van der Waals surface area contributed by atoms with Crippen LogP contribution in [0.2, 0.25) is 0 Å². The van der Waals surface area contributed by atoms with Crippen molar-refractivity contribution in [3.05, 3.63) is 71.0 Å². The second kappa shape index (κ2) is 10.6. The fourth-order valence-electron chi connectivity index (χ4n) is 4.34. The lowest BCUT2D eigenvalue weighted by molar-refractivity contribution is 0.0911. The van der Waals surface area contributed by atoms with Crippen LogP contribution in [0.4, 0.5) is 0 Å². The molecular weight excluding hydrogens is 416 g/mol. The number of aliphatic hydroxyl groups excluding tert-OH is 1. The van der Waals surface area contributed by atoms with Gasteiger partial charge in [0.2, 0.25) is 0 Å². The first-order valence-corrected chi connectivity index (χ1v) is 11.6. The van der Waals surface area contributed by atoms with Gasteiger partial charge < -0.3 is 25.5 Å². The number of amides is 1. The lowest BCUT2D eigenvalue weighted by Crippen LogP contribution is -2.32. The van der Waals surface area contributed by atoms with E-state index in [4.69, 9.17) is 10.5 Å². The third kappa shape index (κ3) is 5.43. The van der Waals surface area contributed by atoms with Gasteiger partial charge in [-0.05, 0) is 67.5 Å². The highest BCUT2D eigenvalue weighted by atomic mass is 16.5. The molecule has 0 radical (unpaired) electrons. The molecule has 0 saturated heterocycles. The van der Waals surface area contributed by atoms with E-state index in [1.54, 1.807) is 7.11 Å². The molecule has 4 rings (SSSR count). The molecule has 1 aliphatic heterocycles. The number of hydrogen-bond acceptors (Lipinski definition) is 5. The quantitative estimate of drug-likeness (QED) is 0.467. The van der Waals surface area contributed by atoms with E-state index in [-0.39, 0.29) is 12.5 Å². The van der Waals surface area contributed by atoms with Crippen molar-refractivity contribution in [2.75, 3.05) is 13.7 Å². The molecule has 1 atom stereocenters. The number of aliphatic hydroxyl groups is 1. The number of nitrogens with one attached hydrogen (secondary N) is 1. The number of methoxy groups -OCH3 is 1. The minimum absolute atomic E-state index is 0.196. The first kappa shape index (κ1) is 23.0. The molecule has 0 fully saturated rings. The van der Waals surface area contributed by atoms with E-state index in [1.165, 1.54) is 18.5 Å². The van der Waals surface area contributed by atoms with Crippen molar-refractivity contribution < 1.29 is 14.6 Å². The number of benzene rings is 2. The fourth-order valence-corrected chi connectivity index (χ4v) is 4.34. The summed E-state index contributed by atoms with van der Waals surface area (Å²) in [4.78, 5) is 17.1. The molecule has 3 aromatic rings. The summed E-state index contributed by atoms with van der Waals surface area (Å²) in [7, 11) is 1.62. The Labute approximate surface area is 194 Å². The second-order valence-electron chi connectivity index (χ2n) is 8.50. The molecule has 0 aliphatic carbocycles. The van der Waals surface area contributed by atoms with E-state index in [0.29, 0.717) is 24.9 Å². The number of imidazole rings is 1.